The molecule has 1 N–H and O–H groups in total. The first-order valence-electron chi connectivity index (χ1n) is 6.22. The Bertz CT molecular complexity index is 663. The third kappa shape index (κ3) is 2.85. The first-order chi connectivity index (χ1) is 9.63. The maximum absolute atomic E-state index is 11.3. The molecule has 0 spiro atoms. The van der Waals surface area contributed by atoms with Gasteiger partial charge in [0.25, 0.3) is 0 Å². The van der Waals surface area contributed by atoms with E-state index in [1.807, 2.05) is 37.3 Å². The zero-order valence-electron chi connectivity index (χ0n) is 11.3. The van der Waals surface area contributed by atoms with Gasteiger partial charge >= 0.3 is 5.97 Å². The molecule has 102 valence electrons. The summed E-state index contributed by atoms with van der Waals surface area (Å²) < 4.78 is 5.69. The van der Waals surface area contributed by atoms with Crippen molar-refractivity contribution in [3.63, 3.8) is 0 Å². The van der Waals surface area contributed by atoms with E-state index in [9.17, 15) is 9.90 Å². The average Bonchev–Trinajstić information content (AvgIpc) is 2.41. The molecule has 0 aliphatic rings. The number of pyridine rings is 1. The fraction of sp³-hybridized carbons (Fsp3) is 0.125. The number of carboxylic acids is 1. The Morgan fingerprint density at radius 2 is 2.05 bits per heavy atom. The van der Waals surface area contributed by atoms with Crippen molar-refractivity contribution in [2.45, 2.75) is 13.8 Å². The van der Waals surface area contributed by atoms with Gasteiger partial charge in [-0.3, -0.25) is 0 Å². The van der Waals surface area contributed by atoms with E-state index in [0.29, 0.717) is 11.3 Å². The van der Waals surface area contributed by atoms with Crippen LogP contribution in [0.1, 0.15) is 28.4 Å². The van der Waals surface area contributed by atoms with Crippen molar-refractivity contribution >= 4 is 12.0 Å². The number of carbonyl (C=O) groups is 1. The first kappa shape index (κ1) is 13.8. The molecule has 0 aliphatic heterocycles. The average molecular weight is 269 g/mol. The predicted octanol–water partition coefficient (Wildman–Crippen LogP) is 3.91. The van der Waals surface area contributed by atoms with Crippen molar-refractivity contribution in [2.75, 3.05) is 0 Å². The zero-order chi connectivity index (χ0) is 14.5. The van der Waals surface area contributed by atoms with E-state index in [4.69, 9.17) is 4.74 Å². The van der Waals surface area contributed by atoms with Crippen LogP contribution in [0.3, 0.4) is 0 Å². The molecule has 0 saturated carbocycles. The lowest BCUT2D eigenvalue weighted by Gasteiger charge is -2.11. The number of ether oxygens (including phenoxy) is 1. The first-order valence-corrected chi connectivity index (χ1v) is 6.22. The summed E-state index contributed by atoms with van der Waals surface area (Å²) in [5.74, 6) is -0.366. The minimum Gasteiger partial charge on any atom is -0.477 e. The van der Waals surface area contributed by atoms with Gasteiger partial charge in [0.05, 0.1) is 0 Å². The molecule has 4 heteroatoms. The Morgan fingerprint density at radius 1 is 1.30 bits per heavy atom. The number of aromatic nitrogens is 1. The minimum atomic E-state index is -1.05. The number of rotatable bonds is 4. The SMILES string of the molecule is C/C=C/c1ccccc1Oc1nccc(C)c1C(=O)O. The summed E-state index contributed by atoms with van der Waals surface area (Å²) in [6.45, 7) is 3.63. The van der Waals surface area contributed by atoms with Gasteiger partial charge in [0.15, 0.2) is 0 Å². The lowest BCUT2D eigenvalue weighted by molar-refractivity contribution is 0.0692. The quantitative estimate of drug-likeness (QED) is 0.914. The van der Waals surface area contributed by atoms with Gasteiger partial charge in [0, 0.05) is 11.8 Å². The normalized spacial score (nSPS) is 10.7. The van der Waals surface area contributed by atoms with Crippen LogP contribution in [0.2, 0.25) is 0 Å². The summed E-state index contributed by atoms with van der Waals surface area (Å²) >= 11 is 0. The van der Waals surface area contributed by atoms with E-state index in [0.717, 1.165) is 5.56 Å². The number of aryl methyl sites for hydroxylation is 1. The van der Waals surface area contributed by atoms with Gasteiger partial charge in [-0.1, -0.05) is 30.4 Å². The van der Waals surface area contributed by atoms with E-state index < -0.39 is 5.97 Å². The fourth-order valence-electron chi connectivity index (χ4n) is 1.87. The van der Waals surface area contributed by atoms with E-state index in [1.165, 1.54) is 6.20 Å². The van der Waals surface area contributed by atoms with Crippen LogP contribution in [0, 0.1) is 6.92 Å². The number of carboxylic acid groups (broad SMARTS) is 1. The monoisotopic (exact) mass is 269 g/mol. The van der Waals surface area contributed by atoms with Crippen LogP contribution in [0.5, 0.6) is 11.6 Å². The number of benzene rings is 1. The molecule has 0 amide bonds. The molecule has 20 heavy (non-hydrogen) atoms. The van der Waals surface area contributed by atoms with Crippen molar-refractivity contribution < 1.29 is 14.6 Å². The lowest BCUT2D eigenvalue weighted by Crippen LogP contribution is -2.05. The van der Waals surface area contributed by atoms with Crippen LogP contribution in [-0.4, -0.2) is 16.1 Å². The minimum absolute atomic E-state index is 0.0859. The molecule has 4 nitrogen and oxygen atoms in total. The molecule has 1 aromatic heterocycles. The molecule has 0 saturated heterocycles. The van der Waals surface area contributed by atoms with E-state index in [-0.39, 0.29) is 11.4 Å². The number of aromatic carboxylic acids is 1. The molecule has 1 heterocycles. The molecule has 2 rings (SSSR count). The predicted molar refractivity (Wildman–Crippen MR) is 77.2 cm³/mol. The van der Waals surface area contributed by atoms with Crippen molar-refractivity contribution in [3.05, 3.63) is 59.3 Å². The van der Waals surface area contributed by atoms with Crippen LogP contribution in [0.4, 0.5) is 0 Å². The Balaban J connectivity index is 2.46. The molecule has 0 atom stereocenters. The highest BCUT2D eigenvalue weighted by molar-refractivity contribution is 5.92. The second kappa shape index (κ2) is 6.02. The van der Waals surface area contributed by atoms with Gasteiger partial charge in [0.2, 0.25) is 5.88 Å². The standard InChI is InChI=1S/C16H15NO3/c1-3-6-12-7-4-5-8-13(12)20-15-14(16(18)19)11(2)9-10-17-15/h3-10H,1-2H3,(H,18,19)/b6-3+. The highest BCUT2D eigenvalue weighted by atomic mass is 16.5. The van der Waals surface area contributed by atoms with Crippen molar-refractivity contribution in [2.24, 2.45) is 0 Å². The Morgan fingerprint density at radius 3 is 2.75 bits per heavy atom. The van der Waals surface area contributed by atoms with E-state index in [1.54, 1.807) is 19.1 Å². The van der Waals surface area contributed by atoms with Gasteiger partial charge < -0.3 is 9.84 Å². The molecule has 0 unspecified atom stereocenters. The van der Waals surface area contributed by atoms with Crippen LogP contribution in [0.25, 0.3) is 6.08 Å². The smallest absolute Gasteiger partial charge is 0.341 e. The highest BCUT2D eigenvalue weighted by Crippen LogP contribution is 2.28. The van der Waals surface area contributed by atoms with Crippen LogP contribution < -0.4 is 4.74 Å². The lowest BCUT2D eigenvalue weighted by atomic mass is 10.1. The third-order valence-electron chi connectivity index (χ3n) is 2.81. The zero-order valence-corrected chi connectivity index (χ0v) is 11.3. The Hall–Kier alpha value is -2.62. The Kier molecular flexibility index (Phi) is 4.15. The molecule has 0 fully saturated rings. The number of nitrogens with zero attached hydrogens (tertiary/aromatic N) is 1. The summed E-state index contributed by atoms with van der Waals surface area (Å²) in [5, 5.41) is 9.26. The number of allylic oxidation sites excluding steroid dienone is 1. The fourth-order valence-corrected chi connectivity index (χ4v) is 1.87. The molecule has 0 radical (unpaired) electrons. The molecule has 2 aromatic rings. The van der Waals surface area contributed by atoms with Crippen LogP contribution >= 0.6 is 0 Å². The highest BCUT2D eigenvalue weighted by Gasteiger charge is 2.17. The van der Waals surface area contributed by atoms with Crippen molar-refractivity contribution in [1.29, 1.82) is 0 Å². The van der Waals surface area contributed by atoms with E-state index in [2.05, 4.69) is 4.98 Å². The topological polar surface area (TPSA) is 59.4 Å². The number of hydrogen-bond acceptors (Lipinski definition) is 3. The Labute approximate surface area is 117 Å². The summed E-state index contributed by atoms with van der Waals surface area (Å²) in [5.41, 5.74) is 1.57. The summed E-state index contributed by atoms with van der Waals surface area (Å²) in [7, 11) is 0. The van der Waals surface area contributed by atoms with Crippen LogP contribution in [0.15, 0.2) is 42.6 Å². The molecular weight excluding hydrogens is 254 g/mol. The molecule has 0 aliphatic carbocycles. The summed E-state index contributed by atoms with van der Waals surface area (Å²) in [6, 6.07) is 9.05. The van der Waals surface area contributed by atoms with Gasteiger partial charge in [0.1, 0.15) is 11.3 Å². The second-order valence-corrected chi connectivity index (χ2v) is 4.25. The maximum atomic E-state index is 11.3. The van der Waals surface area contributed by atoms with Gasteiger partial charge in [-0.05, 0) is 31.5 Å². The van der Waals surface area contributed by atoms with Crippen LogP contribution in [-0.2, 0) is 0 Å². The van der Waals surface area contributed by atoms with Crippen molar-refractivity contribution in [3.8, 4) is 11.6 Å². The molecule has 0 bridgehead atoms. The van der Waals surface area contributed by atoms with Gasteiger partial charge in [-0.2, -0.15) is 0 Å². The maximum Gasteiger partial charge on any atom is 0.341 e. The second-order valence-electron chi connectivity index (χ2n) is 4.25. The van der Waals surface area contributed by atoms with Gasteiger partial charge in [-0.15, -0.1) is 0 Å². The third-order valence-corrected chi connectivity index (χ3v) is 2.81. The summed E-state index contributed by atoms with van der Waals surface area (Å²) in [6.07, 6.45) is 5.32. The number of hydrogen-bond donors (Lipinski definition) is 1. The van der Waals surface area contributed by atoms with Gasteiger partial charge in [-0.25, -0.2) is 9.78 Å². The molecule has 1 aromatic carbocycles. The molecular formula is C16H15NO3. The summed E-state index contributed by atoms with van der Waals surface area (Å²) in [4.78, 5) is 15.3. The van der Waals surface area contributed by atoms with Crippen molar-refractivity contribution in [1.82, 2.24) is 4.98 Å². The largest absolute Gasteiger partial charge is 0.477 e. The number of para-hydroxylation sites is 1. The van der Waals surface area contributed by atoms with E-state index >= 15 is 0 Å².